The van der Waals surface area contributed by atoms with Crippen LogP contribution in [0, 0.1) is 5.92 Å². The van der Waals surface area contributed by atoms with E-state index in [4.69, 9.17) is 20.9 Å². The van der Waals surface area contributed by atoms with Crippen molar-refractivity contribution in [3.8, 4) is 0 Å². The monoisotopic (exact) mass is 616 g/mol. The van der Waals surface area contributed by atoms with Crippen molar-refractivity contribution < 1.29 is 33.4 Å². The number of esters is 1. The summed E-state index contributed by atoms with van der Waals surface area (Å²) in [4.78, 5) is 63.8. The Labute approximate surface area is 259 Å². The minimum Gasteiger partial charge on any atom is -0.463 e. The maximum Gasteiger partial charge on any atom is 0.408 e. The van der Waals surface area contributed by atoms with Crippen LogP contribution < -0.4 is 32.7 Å². The van der Waals surface area contributed by atoms with Crippen molar-refractivity contribution >= 4 is 29.8 Å². The second-order valence-electron chi connectivity index (χ2n) is 10.6. The van der Waals surface area contributed by atoms with E-state index in [1.807, 2.05) is 30.3 Å². The van der Waals surface area contributed by atoms with Crippen molar-refractivity contribution in [2.24, 2.45) is 17.4 Å². The molecule has 2 rings (SSSR count). The van der Waals surface area contributed by atoms with Crippen molar-refractivity contribution in [1.29, 1.82) is 0 Å². The van der Waals surface area contributed by atoms with Crippen LogP contribution in [-0.4, -0.2) is 74.2 Å². The Hall–Kier alpha value is -3.97. The highest BCUT2D eigenvalue weighted by molar-refractivity contribution is 5.91. The van der Waals surface area contributed by atoms with Gasteiger partial charge in [0.25, 0.3) is 0 Å². The van der Waals surface area contributed by atoms with Crippen LogP contribution >= 0.6 is 0 Å². The van der Waals surface area contributed by atoms with Gasteiger partial charge in [0.2, 0.25) is 17.7 Å². The Kier molecular flexibility index (Phi) is 17.2. The molecule has 0 spiro atoms. The average Bonchev–Trinajstić information content (AvgIpc) is 3.42. The number of alkyl carbamates (subject to hydrolysis) is 1. The predicted molar refractivity (Wildman–Crippen MR) is 165 cm³/mol. The van der Waals surface area contributed by atoms with Gasteiger partial charge in [-0.05, 0) is 76.9 Å². The number of rotatable bonds is 20. The molecule has 8 N–H and O–H groups in total. The van der Waals surface area contributed by atoms with E-state index in [-0.39, 0.29) is 31.5 Å². The van der Waals surface area contributed by atoms with E-state index in [2.05, 4.69) is 21.3 Å². The fourth-order valence-electron chi connectivity index (χ4n) is 4.73. The van der Waals surface area contributed by atoms with E-state index >= 15 is 0 Å². The molecule has 0 unspecified atom stereocenters. The van der Waals surface area contributed by atoms with Crippen LogP contribution in [0.5, 0.6) is 0 Å². The molecule has 1 aliphatic rings. The van der Waals surface area contributed by atoms with Crippen LogP contribution in [0.25, 0.3) is 0 Å². The molecule has 1 aliphatic heterocycles. The lowest BCUT2D eigenvalue weighted by Gasteiger charge is -2.25. The van der Waals surface area contributed by atoms with Crippen molar-refractivity contribution in [3.05, 3.63) is 48.0 Å². The van der Waals surface area contributed by atoms with Crippen LogP contribution in [0.1, 0.15) is 63.9 Å². The molecule has 4 amide bonds. The van der Waals surface area contributed by atoms with Gasteiger partial charge in [-0.1, -0.05) is 36.4 Å². The molecule has 1 fully saturated rings. The van der Waals surface area contributed by atoms with Crippen molar-refractivity contribution in [1.82, 2.24) is 21.3 Å². The number of carbonyl (C=O) groups excluding carboxylic acids is 5. The summed E-state index contributed by atoms with van der Waals surface area (Å²) in [5.41, 5.74) is 12.1. The molecule has 0 aliphatic carbocycles. The quantitative estimate of drug-likeness (QED) is 0.0705. The molecule has 13 heteroatoms. The molecule has 13 nitrogen and oxygen atoms in total. The van der Waals surface area contributed by atoms with Crippen LogP contribution in [0.2, 0.25) is 0 Å². The fourth-order valence-corrected chi connectivity index (χ4v) is 4.73. The number of unbranched alkanes of at least 4 members (excludes halogenated alkanes) is 2. The molecule has 1 aromatic carbocycles. The Morgan fingerprint density at radius 1 is 0.932 bits per heavy atom. The first-order chi connectivity index (χ1) is 21.3. The van der Waals surface area contributed by atoms with Gasteiger partial charge in [0.1, 0.15) is 18.7 Å². The normalized spacial score (nSPS) is 16.4. The average molecular weight is 617 g/mol. The highest BCUT2D eigenvalue weighted by atomic mass is 16.5. The van der Waals surface area contributed by atoms with Gasteiger partial charge in [-0.2, -0.15) is 0 Å². The standard InChI is InChI=1S/C31H48N6O7/c1-2-43-27(38)15-14-24(20-23-16-19-34-28(23)39)35-29(40)25(12-6-8-17-32)36-30(41)26(13-7-9-18-33)37-31(42)44-21-22-10-4-3-5-11-22/h3-5,10-11,14-15,23-26H,2,6-9,12-13,16-21,32-33H2,1H3,(H,34,39)(H,35,40)(H,36,41)(H,37,42)/t23-,24+,25-,26+/m0/s1. The number of nitrogens with one attached hydrogen (secondary N) is 4. The number of ether oxygens (including phenoxy) is 2. The second-order valence-corrected chi connectivity index (χ2v) is 10.6. The summed E-state index contributed by atoms with van der Waals surface area (Å²) < 4.78 is 10.3. The van der Waals surface area contributed by atoms with Gasteiger partial charge in [0.05, 0.1) is 6.61 Å². The van der Waals surface area contributed by atoms with Crippen LogP contribution in [0.3, 0.4) is 0 Å². The highest BCUT2D eigenvalue weighted by Crippen LogP contribution is 2.17. The largest absolute Gasteiger partial charge is 0.463 e. The first-order valence-corrected chi connectivity index (χ1v) is 15.4. The summed E-state index contributed by atoms with van der Waals surface area (Å²) in [7, 11) is 0. The molecule has 0 aromatic heterocycles. The number of carbonyl (C=O) groups is 5. The van der Waals surface area contributed by atoms with E-state index in [1.54, 1.807) is 6.92 Å². The fraction of sp³-hybridized carbons (Fsp3) is 0.581. The van der Waals surface area contributed by atoms with E-state index in [0.29, 0.717) is 64.6 Å². The van der Waals surface area contributed by atoms with Gasteiger partial charge in [0, 0.05) is 24.6 Å². The smallest absolute Gasteiger partial charge is 0.408 e. The zero-order valence-corrected chi connectivity index (χ0v) is 25.6. The van der Waals surface area contributed by atoms with E-state index in [0.717, 1.165) is 5.56 Å². The molecule has 0 bridgehead atoms. The first kappa shape index (κ1) is 36.2. The number of hydrogen-bond donors (Lipinski definition) is 6. The lowest BCUT2D eigenvalue weighted by Crippen LogP contribution is -2.55. The summed E-state index contributed by atoms with van der Waals surface area (Å²) in [6.07, 6.45) is 5.84. The van der Waals surface area contributed by atoms with Gasteiger partial charge >= 0.3 is 12.1 Å². The topological polar surface area (TPSA) is 204 Å². The zero-order chi connectivity index (χ0) is 32.2. The zero-order valence-electron chi connectivity index (χ0n) is 25.6. The number of hydrogen-bond acceptors (Lipinski definition) is 9. The summed E-state index contributed by atoms with van der Waals surface area (Å²) in [5.74, 6) is -2.05. The number of nitrogens with two attached hydrogens (primary N) is 2. The lowest BCUT2D eigenvalue weighted by molar-refractivity contribution is -0.137. The summed E-state index contributed by atoms with van der Waals surface area (Å²) in [5, 5.41) is 11.1. The first-order valence-electron chi connectivity index (χ1n) is 15.4. The van der Waals surface area contributed by atoms with Crippen LogP contribution in [-0.2, 0) is 35.3 Å². The third-order valence-electron chi connectivity index (χ3n) is 7.13. The molecule has 1 heterocycles. The predicted octanol–water partition coefficient (Wildman–Crippen LogP) is 1.15. The maximum absolute atomic E-state index is 13.5. The lowest BCUT2D eigenvalue weighted by atomic mass is 9.97. The van der Waals surface area contributed by atoms with Crippen molar-refractivity contribution in [3.63, 3.8) is 0 Å². The molecule has 0 saturated carbocycles. The summed E-state index contributed by atoms with van der Waals surface area (Å²) >= 11 is 0. The second kappa shape index (κ2) is 20.9. The maximum atomic E-state index is 13.5. The molecule has 1 saturated heterocycles. The van der Waals surface area contributed by atoms with Gasteiger partial charge < -0.3 is 42.2 Å². The van der Waals surface area contributed by atoms with Crippen molar-refractivity contribution in [2.75, 3.05) is 26.2 Å². The highest BCUT2D eigenvalue weighted by Gasteiger charge is 2.30. The summed E-state index contributed by atoms with van der Waals surface area (Å²) in [6.45, 7) is 3.30. The molecule has 244 valence electrons. The van der Waals surface area contributed by atoms with Crippen molar-refractivity contribution in [2.45, 2.75) is 83.0 Å². The summed E-state index contributed by atoms with van der Waals surface area (Å²) in [6, 6.07) is 6.56. The molecule has 0 radical (unpaired) electrons. The minimum absolute atomic E-state index is 0.0354. The number of amides is 4. The number of benzene rings is 1. The Bertz CT molecular complexity index is 1080. The third kappa shape index (κ3) is 14.0. The third-order valence-corrected chi connectivity index (χ3v) is 7.13. The Morgan fingerprint density at radius 3 is 2.16 bits per heavy atom. The van der Waals surface area contributed by atoms with Gasteiger partial charge in [-0.15, -0.1) is 0 Å². The van der Waals surface area contributed by atoms with Gasteiger partial charge in [0.15, 0.2) is 0 Å². The molecule has 1 aromatic rings. The van der Waals surface area contributed by atoms with E-state index in [9.17, 15) is 24.0 Å². The Morgan fingerprint density at radius 2 is 1.57 bits per heavy atom. The molecular formula is C31H48N6O7. The van der Waals surface area contributed by atoms with Gasteiger partial charge in [-0.3, -0.25) is 14.4 Å². The van der Waals surface area contributed by atoms with Crippen LogP contribution in [0.15, 0.2) is 42.5 Å². The Balaban J connectivity index is 2.14. The molecule has 4 atom stereocenters. The van der Waals surface area contributed by atoms with Crippen LogP contribution in [0.4, 0.5) is 4.79 Å². The molecule has 44 heavy (non-hydrogen) atoms. The molecular weight excluding hydrogens is 568 g/mol. The minimum atomic E-state index is -0.962. The van der Waals surface area contributed by atoms with E-state index < -0.39 is 42.0 Å². The van der Waals surface area contributed by atoms with Gasteiger partial charge in [-0.25, -0.2) is 9.59 Å². The van der Waals surface area contributed by atoms with E-state index in [1.165, 1.54) is 12.2 Å². The SMILES string of the molecule is CCOC(=O)C=C[C@H](C[C@@H]1CCNC1=O)NC(=O)[C@H](CCCCN)NC(=O)[C@@H](CCCCN)NC(=O)OCc1ccccc1.